The van der Waals surface area contributed by atoms with Crippen LogP contribution >= 0.6 is 0 Å². The Labute approximate surface area is 449 Å². The van der Waals surface area contributed by atoms with Gasteiger partial charge in [0.2, 0.25) is 5.91 Å². The molecule has 424 valence electrons. The highest BCUT2D eigenvalue weighted by atomic mass is 16.5. The maximum absolute atomic E-state index is 12.5. The first-order chi connectivity index (χ1) is 35.5. The molecule has 1 amide bonds. The summed E-state index contributed by atoms with van der Waals surface area (Å²) in [6, 6.07) is -0.556. The van der Waals surface area contributed by atoms with Crippen molar-refractivity contribution in [2.45, 2.75) is 360 Å². The largest absolute Gasteiger partial charge is 0.466 e. The molecule has 0 bridgehead atoms. The molecule has 0 aromatic carbocycles. The van der Waals surface area contributed by atoms with Gasteiger partial charge in [-0.05, 0) is 83.5 Å². The summed E-state index contributed by atoms with van der Waals surface area (Å²) < 4.78 is 5.48. The summed E-state index contributed by atoms with van der Waals surface area (Å²) in [5.41, 5.74) is 0. The van der Waals surface area contributed by atoms with Crippen LogP contribution in [0.25, 0.3) is 0 Å². The maximum atomic E-state index is 12.5. The van der Waals surface area contributed by atoms with Gasteiger partial charge in [-0.2, -0.15) is 0 Å². The molecule has 0 aliphatic carbocycles. The van der Waals surface area contributed by atoms with Gasteiger partial charge in [0, 0.05) is 12.8 Å². The third kappa shape index (κ3) is 57.4. The fourth-order valence-electron chi connectivity index (χ4n) is 9.96. The molecule has 0 aromatic heterocycles. The number of rotatable bonds is 60. The van der Waals surface area contributed by atoms with Crippen LogP contribution in [0.3, 0.4) is 0 Å². The molecule has 0 radical (unpaired) electrons. The molecule has 0 rings (SSSR count). The Balaban J connectivity index is 3.46. The van der Waals surface area contributed by atoms with Gasteiger partial charge < -0.3 is 20.3 Å². The monoisotopic (exact) mass is 1010 g/mol. The number of amides is 1. The lowest BCUT2D eigenvalue weighted by atomic mass is 10.0. The van der Waals surface area contributed by atoms with E-state index in [1.54, 1.807) is 0 Å². The van der Waals surface area contributed by atoms with Crippen molar-refractivity contribution < 1.29 is 24.5 Å². The van der Waals surface area contributed by atoms with Crippen molar-refractivity contribution in [2.24, 2.45) is 0 Å². The Morgan fingerprint density at radius 3 is 1.08 bits per heavy atom. The van der Waals surface area contributed by atoms with Crippen molar-refractivity contribution in [1.82, 2.24) is 5.32 Å². The van der Waals surface area contributed by atoms with Gasteiger partial charge in [-0.3, -0.25) is 9.59 Å². The van der Waals surface area contributed by atoms with E-state index in [1.165, 1.54) is 244 Å². The molecule has 3 N–H and O–H groups in total. The van der Waals surface area contributed by atoms with E-state index < -0.39 is 12.1 Å². The van der Waals surface area contributed by atoms with Crippen molar-refractivity contribution in [2.75, 3.05) is 13.2 Å². The highest BCUT2D eigenvalue weighted by Gasteiger charge is 2.20. The molecule has 0 aliphatic heterocycles. The van der Waals surface area contributed by atoms with Gasteiger partial charge in [0.05, 0.1) is 25.4 Å². The number of carbonyl (C=O) groups is 2. The zero-order chi connectivity index (χ0) is 52.2. The lowest BCUT2D eigenvalue weighted by molar-refractivity contribution is -0.143. The summed E-state index contributed by atoms with van der Waals surface area (Å²) in [7, 11) is 0. The van der Waals surface area contributed by atoms with Gasteiger partial charge in [-0.1, -0.05) is 288 Å². The van der Waals surface area contributed by atoms with Crippen molar-refractivity contribution in [3.63, 3.8) is 0 Å². The maximum Gasteiger partial charge on any atom is 0.305 e. The summed E-state index contributed by atoms with van der Waals surface area (Å²) in [6.07, 6.45) is 77.2. The van der Waals surface area contributed by atoms with Crippen LogP contribution in [0.2, 0.25) is 0 Å². The summed E-state index contributed by atoms with van der Waals surface area (Å²) in [5.74, 6) is -0.0590. The fourth-order valence-corrected chi connectivity index (χ4v) is 9.96. The fraction of sp³-hybridized carbons (Fsp3) is 0.879. The molecule has 0 aromatic rings. The molecule has 72 heavy (non-hydrogen) atoms. The highest BCUT2D eigenvalue weighted by Crippen LogP contribution is 2.18. The molecule has 0 heterocycles. The van der Waals surface area contributed by atoms with E-state index in [0.717, 1.165) is 70.6 Å². The van der Waals surface area contributed by atoms with Crippen LogP contribution < -0.4 is 5.32 Å². The second kappa shape index (κ2) is 61.6. The number of allylic oxidation sites excluding steroid dienone is 6. The Morgan fingerprint density at radius 2 is 0.694 bits per heavy atom. The molecule has 0 aliphatic rings. The third-order valence-corrected chi connectivity index (χ3v) is 14.9. The van der Waals surface area contributed by atoms with Gasteiger partial charge in [-0.15, -0.1) is 0 Å². The quantitative estimate of drug-likeness (QED) is 0.0320. The van der Waals surface area contributed by atoms with E-state index in [-0.39, 0.29) is 18.5 Å². The van der Waals surface area contributed by atoms with Crippen molar-refractivity contribution in [3.8, 4) is 0 Å². The number of hydrogen-bond donors (Lipinski definition) is 3. The zero-order valence-electron chi connectivity index (χ0n) is 48.4. The van der Waals surface area contributed by atoms with E-state index >= 15 is 0 Å². The van der Waals surface area contributed by atoms with Crippen LogP contribution in [0.15, 0.2) is 36.5 Å². The minimum Gasteiger partial charge on any atom is -0.466 e. The predicted molar refractivity (Wildman–Crippen MR) is 315 cm³/mol. The van der Waals surface area contributed by atoms with Crippen LogP contribution in [0.1, 0.15) is 348 Å². The van der Waals surface area contributed by atoms with E-state index in [4.69, 9.17) is 4.74 Å². The first-order valence-electron chi connectivity index (χ1n) is 32.2. The van der Waals surface area contributed by atoms with Crippen LogP contribution in [0.4, 0.5) is 0 Å². The number of ether oxygens (including phenoxy) is 1. The molecular formula is C66H125NO5. The van der Waals surface area contributed by atoms with Crippen LogP contribution in [0.5, 0.6) is 0 Å². The normalized spacial score (nSPS) is 12.8. The lowest BCUT2D eigenvalue weighted by Gasteiger charge is -2.22. The highest BCUT2D eigenvalue weighted by molar-refractivity contribution is 5.76. The van der Waals surface area contributed by atoms with Gasteiger partial charge in [0.15, 0.2) is 0 Å². The SMILES string of the molecule is CCCCCC/C=C\C/C=C\CCCCCCCCCC(=O)OCCCCCCCCC/C=C\CCCCCCCC(=O)NC(CO)C(O)CCCCCCCCCCCCCCCCCCCCCCC. The molecule has 2 atom stereocenters. The first-order valence-corrected chi connectivity index (χ1v) is 32.2. The Kier molecular flexibility index (Phi) is 60.0. The Hall–Kier alpha value is -1.92. The summed E-state index contributed by atoms with van der Waals surface area (Å²) in [5, 5.41) is 23.4. The number of hydrogen-bond acceptors (Lipinski definition) is 5. The van der Waals surface area contributed by atoms with Crippen molar-refractivity contribution in [1.29, 1.82) is 0 Å². The summed E-state index contributed by atoms with van der Waals surface area (Å²) in [6.45, 7) is 4.93. The molecule has 6 heteroatoms. The van der Waals surface area contributed by atoms with Gasteiger partial charge in [0.25, 0.3) is 0 Å². The summed E-state index contributed by atoms with van der Waals surface area (Å²) >= 11 is 0. The van der Waals surface area contributed by atoms with Crippen molar-refractivity contribution in [3.05, 3.63) is 36.5 Å². The average Bonchev–Trinajstić information content (AvgIpc) is 3.38. The number of esters is 1. The van der Waals surface area contributed by atoms with Gasteiger partial charge in [0.1, 0.15) is 0 Å². The Bertz CT molecular complexity index is 1170. The lowest BCUT2D eigenvalue weighted by Crippen LogP contribution is -2.45. The van der Waals surface area contributed by atoms with Crippen LogP contribution in [-0.4, -0.2) is 47.4 Å². The predicted octanol–water partition coefficient (Wildman–Crippen LogP) is 20.4. The molecule has 2 unspecified atom stereocenters. The molecule has 0 spiro atoms. The van der Waals surface area contributed by atoms with Crippen LogP contribution in [0, 0.1) is 0 Å². The number of nitrogens with one attached hydrogen (secondary N) is 1. The topological polar surface area (TPSA) is 95.9 Å². The zero-order valence-corrected chi connectivity index (χ0v) is 48.4. The standard InChI is InChI=1S/C66H125NO5/c1-3-5-7-9-11-13-15-17-19-21-23-24-25-26-30-34-38-42-46-50-54-58-64(69)63(62-68)67-65(70)59-55-51-47-43-39-35-31-28-29-33-37-41-45-49-53-57-61-72-66(71)60-56-52-48-44-40-36-32-27-22-20-18-16-14-12-10-8-6-4-2/h14,16,20,22,28,31,63-64,68-69H,3-13,15,17-19,21,23-27,29-30,32-62H2,1-2H3,(H,67,70)/b16-14-,22-20-,31-28-. The molecule has 0 saturated heterocycles. The van der Waals surface area contributed by atoms with E-state index in [1.807, 2.05) is 0 Å². The number of aliphatic hydroxyl groups is 2. The van der Waals surface area contributed by atoms with Crippen molar-refractivity contribution >= 4 is 11.9 Å². The number of unbranched alkanes of at least 4 members (excludes halogenated alkanes) is 43. The van der Waals surface area contributed by atoms with Crippen LogP contribution in [-0.2, 0) is 14.3 Å². The smallest absolute Gasteiger partial charge is 0.305 e. The number of aliphatic hydroxyl groups excluding tert-OH is 2. The minimum atomic E-state index is -0.677. The second-order valence-electron chi connectivity index (χ2n) is 22.1. The molecule has 0 fully saturated rings. The summed E-state index contributed by atoms with van der Waals surface area (Å²) in [4.78, 5) is 24.6. The minimum absolute atomic E-state index is 0.00955. The molecule has 6 nitrogen and oxygen atoms in total. The Morgan fingerprint density at radius 1 is 0.389 bits per heavy atom. The molecular weight excluding hydrogens is 887 g/mol. The first kappa shape index (κ1) is 70.1. The van der Waals surface area contributed by atoms with Gasteiger partial charge in [-0.25, -0.2) is 0 Å². The number of carbonyl (C=O) groups excluding carboxylic acids is 2. The second-order valence-corrected chi connectivity index (χ2v) is 22.1. The van der Waals surface area contributed by atoms with E-state index in [2.05, 4.69) is 55.6 Å². The average molecular weight is 1010 g/mol. The van der Waals surface area contributed by atoms with E-state index in [0.29, 0.717) is 25.9 Å². The van der Waals surface area contributed by atoms with E-state index in [9.17, 15) is 19.8 Å². The van der Waals surface area contributed by atoms with Gasteiger partial charge >= 0.3 is 5.97 Å². The third-order valence-electron chi connectivity index (χ3n) is 14.9. The molecule has 0 saturated carbocycles.